The summed E-state index contributed by atoms with van der Waals surface area (Å²) in [4.78, 5) is 12.6. The molecule has 1 N–H and O–H groups in total. The molecule has 0 saturated heterocycles. The van der Waals surface area contributed by atoms with E-state index in [1.807, 2.05) is 48.5 Å². The van der Waals surface area contributed by atoms with Crippen LogP contribution in [0, 0.1) is 5.82 Å². The van der Waals surface area contributed by atoms with Crippen LogP contribution < -0.4 is 10.1 Å². The predicted octanol–water partition coefficient (Wildman–Crippen LogP) is 4.87. The highest BCUT2D eigenvalue weighted by molar-refractivity contribution is 5.76. The van der Waals surface area contributed by atoms with Crippen LogP contribution in [0.5, 0.6) is 5.75 Å². The zero-order valence-electron chi connectivity index (χ0n) is 15.9. The molecule has 4 heteroatoms. The van der Waals surface area contributed by atoms with Crippen molar-refractivity contribution < 1.29 is 13.9 Å². The number of carbonyl (C=O) groups is 1. The fourth-order valence-electron chi connectivity index (χ4n) is 3.18. The smallest absolute Gasteiger partial charge is 0.220 e. The van der Waals surface area contributed by atoms with Gasteiger partial charge in [0.05, 0.1) is 13.2 Å². The van der Waals surface area contributed by atoms with E-state index < -0.39 is 5.82 Å². The van der Waals surface area contributed by atoms with E-state index in [9.17, 15) is 9.18 Å². The number of methoxy groups -OCH3 is 1. The molecule has 3 aromatic rings. The molecule has 144 valence electrons. The molecule has 1 atom stereocenters. The molecule has 0 spiro atoms. The van der Waals surface area contributed by atoms with Crippen LogP contribution in [-0.4, -0.2) is 13.0 Å². The van der Waals surface area contributed by atoms with Gasteiger partial charge < -0.3 is 10.1 Å². The lowest BCUT2D eigenvalue weighted by Crippen LogP contribution is -2.30. The molecule has 0 fully saturated rings. The Kier molecular flexibility index (Phi) is 6.79. The Balaban J connectivity index is 1.64. The number of aryl methyl sites for hydroxylation is 1. The van der Waals surface area contributed by atoms with E-state index >= 15 is 0 Å². The quantitative estimate of drug-likeness (QED) is 0.608. The maximum absolute atomic E-state index is 13.8. The normalized spacial score (nSPS) is 11.6. The lowest BCUT2D eigenvalue weighted by molar-refractivity contribution is -0.121. The molecule has 0 aliphatic carbocycles. The van der Waals surface area contributed by atoms with Gasteiger partial charge in [0.25, 0.3) is 0 Å². The summed E-state index contributed by atoms with van der Waals surface area (Å²) in [5, 5.41) is 3.13. The van der Waals surface area contributed by atoms with Crippen molar-refractivity contribution in [1.29, 1.82) is 0 Å². The summed E-state index contributed by atoms with van der Waals surface area (Å²) >= 11 is 0. The van der Waals surface area contributed by atoms with Crippen LogP contribution >= 0.6 is 0 Å². The molecule has 0 aromatic heterocycles. The number of ether oxygens (including phenoxy) is 1. The summed E-state index contributed by atoms with van der Waals surface area (Å²) in [5.74, 6) is -0.257. The molecule has 0 radical (unpaired) electrons. The minimum atomic E-state index is -0.411. The third kappa shape index (κ3) is 5.43. The van der Waals surface area contributed by atoms with Crippen LogP contribution in [0.4, 0.5) is 4.39 Å². The summed E-state index contributed by atoms with van der Waals surface area (Å²) in [5.41, 5.74) is 3.00. The van der Waals surface area contributed by atoms with Gasteiger partial charge in [-0.2, -0.15) is 0 Å². The maximum Gasteiger partial charge on any atom is 0.220 e. The SMILES string of the molecule is COc1ccc(CCC(=O)NC(Cc2ccccc2)c2ccccc2)cc1F. The highest BCUT2D eigenvalue weighted by Crippen LogP contribution is 2.20. The first-order valence-corrected chi connectivity index (χ1v) is 9.36. The Morgan fingerprint density at radius 3 is 2.29 bits per heavy atom. The van der Waals surface area contributed by atoms with Crippen LogP contribution in [0.25, 0.3) is 0 Å². The fourth-order valence-corrected chi connectivity index (χ4v) is 3.18. The Bertz CT molecular complexity index is 897. The van der Waals surface area contributed by atoms with Crippen molar-refractivity contribution in [2.24, 2.45) is 0 Å². The first-order valence-electron chi connectivity index (χ1n) is 9.36. The van der Waals surface area contributed by atoms with Gasteiger partial charge in [-0.1, -0.05) is 66.7 Å². The zero-order valence-corrected chi connectivity index (χ0v) is 15.9. The number of benzene rings is 3. The zero-order chi connectivity index (χ0) is 19.8. The van der Waals surface area contributed by atoms with E-state index in [1.165, 1.54) is 13.2 Å². The van der Waals surface area contributed by atoms with Gasteiger partial charge in [0, 0.05) is 6.42 Å². The van der Waals surface area contributed by atoms with Crippen molar-refractivity contribution in [2.75, 3.05) is 7.11 Å². The number of amides is 1. The Hall–Kier alpha value is -3.14. The second-order valence-electron chi connectivity index (χ2n) is 6.69. The van der Waals surface area contributed by atoms with Crippen LogP contribution in [0.3, 0.4) is 0 Å². The van der Waals surface area contributed by atoms with Crippen LogP contribution in [0.15, 0.2) is 78.9 Å². The van der Waals surface area contributed by atoms with Gasteiger partial charge in [-0.3, -0.25) is 4.79 Å². The van der Waals surface area contributed by atoms with Gasteiger partial charge in [-0.25, -0.2) is 4.39 Å². The van der Waals surface area contributed by atoms with Crippen molar-refractivity contribution in [1.82, 2.24) is 5.32 Å². The average Bonchev–Trinajstić information content (AvgIpc) is 2.73. The first-order chi connectivity index (χ1) is 13.7. The third-order valence-corrected chi connectivity index (χ3v) is 4.68. The van der Waals surface area contributed by atoms with E-state index in [-0.39, 0.29) is 17.7 Å². The Labute approximate surface area is 165 Å². The van der Waals surface area contributed by atoms with E-state index in [2.05, 4.69) is 17.4 Å². The summed E-state index contributed by atoms with van der Waals surface area (Å²) < 4.78 is 18.8. The molecule has 0 heterocycles. The molecule has 1 amide bonds. The van der Waals surface area contributed by atoms with Crippen molar-refractivity contribution in [3.63, 3.8) is 0 Å². The van der Waals surface area contributed by atoms with Gasteiger partial charge in [0.15, 0.2) is 11.6 Å². The first kappa shape index (κ1) is 19.6. The molecular formula is C24H24FNO2. The molecule has 1 unspecified atom stereocenters. The number of nitrogens with one attached hydrogen (secondary N) is 1. The lowest BCUT2D eigenvalue weighted by atomic mass is 9.98. The second-order valence-corrected chi connectivity index (χ2v) is 6.69. The summed E-state index contributed by atoms with van der Waals surface area (Å²) in [6.45, 7) is 0. The average molecular weight is 377 g/mol. The fraction of sp³-hybridized carbons (Fsp3) is 0.208. The summed E-state index contributed by atoms with van der Waals surface area (Å²) in [7, 11) is 1.43. The van der Waals surface area contributed by atoms with Gasteiger partial charge >= 0.3 is 0 Å². The maximum atomic E-state index is 13.8. The molecule has 28 heavy (non-hydrogen) atoms. The standard InChI is InChI=1S/C24H24FNO2/c1-28-23-14-12-19(16-21(23)25)13-15-24(27)26-22(20-10-6-3-7-11-20)17-18-8-4-2-5-9-18/h2-12,14,16,22H,13,15,17H2,1H3,(H,26,27). The van der Waals surface area contributed by atoms with Crippen molar-refractivity contribution in [3.05, 3.63) is 101 Å². The van der Waals surface area contributed by atoms with Crippen molar-refractivity contribution in [2.45, 2.75) is 25.3 Å². The van der Waals surface area contributed by atoms with Crippen molar-refractivity contribution in [3.8, 4) is 5.75 Å². The molecule has 0 aliphatic rings. The summed E-state index contributed by atoms with van der Waals surface area (Å²) in [6.07, 6.45) is 1.48. The molecular weight excluding hydrogens is 353 g/mol. The highest BCUT2D eigenvalue weighted by Gasteiger charge is 2.15. The number of halogens is 1. The molecule has 3 aromatic carbocycles. The molecule has 0 bridgehead atoms. The Morgan fingerprint density at radius 2 is 1.64 bits per heavy atom. The second kappa shape index (κ2) is 9.70. The van der Waals surface area contributed by atoms with E-state index in [4.69, 9.17) is 4.74 Å². The van der Waals surface area contributed by atoms with Gasteiger partial charge in [0.2, 0.25) is 5.91 Å². The minimum absolute atomic E-state index is 0.0546. The predicted molar refractivity (Wildman–Crippen MR) is 109 cm³/mol. The lowest BCUT2D eigenvalue weighted by Gasteiger charge is -2.19. The van der Waals surface area contributed by atoms with E-state index in [0.717, 1.165) is 16.7 Å². The monoisotopic (exact) mass is 377 g/mol. The number of rotatable bonds is 8. The molecule has 3 rings (SSSR count). The number of carbonyl (C=O) groups excluding carboxylic acids is 1. The van der Waals surface area contributed by atoms with Gasteiger partial charge in [-0.05, 0) is 41.7 Å². The topological polar surface area (TPSA) is 38.3 Å². The van der Waals surface area contributed by atoms with Crippen LogP contribution in [0.1, 0.15) is 29.2 Å². The Morgan fingerprint density at radius 1 is 0.964 bits per heavy atom. The highest BCUT2D eigenvalue weighted by atomic mass is 19.1. The van der Waals surface area contributed by atoms with Crippen LogP contribution in [-0.2, 0) is 17.6 Å². The molecule has 0 aliphatic heterocycles. The minimum Gasteiger partial charge on any atom is -0.494 e. The largest absolute Gasteiger partial charge is 0.494 e. The number of hydrogen-bond acceptors (Lipinski definition) is 2. The van der Waals surface area contributed by atoms with E-state index in [1.54, 1.807) is 12.1 Å². The third-order valence-electron chi connectivity index (χ3n) is 4.68. The number of hydrogen-bond donors (Lipinski definition) is 1. The molecule has 3 nitrogen and oxygen atoms in total. The van der Waals surface area contributed by atoms with Gasteiger partial charge in [-0.15, -0.1) is 0 Å². The van der Waals surface area contributed by atoms with Crippen molar-refractivity contribution >= 4 is 5.91 Å². The molecule has 0 saturated carbocycles. The van der Waals surface area contributed by atoms with Gasteiger partial charge in [0.1, 0.15) is 0 Å². The summed E-state index contributed by atoms with van der Waals surface area (Å²) in [6, 6.07) is 24.7. The van der Waals surface area contributed by atoms with Crippen LogP contribution in [0.2, 0.25) is 0 Å². The van der Waals surface area contributed by atoms with E-state index in [0.29, 0.717) is 19.3 Å².